The third-order valence-electron chi connectivity index (χ3n) is 4.03. The number of hydrogen-bond acceptors (Lipinski definition) is 7. The molecule has 0 spiro atoms. The normalized spacial score (nSPS) is 18.8. The number of nitro benzene ring substituents is 1. The number of rotatable bonds is 6. The summed E-state index contributed by atoms with van der Waals surface area (Å²) in [7, 11) is 0. The van der Waals surface area contributed by atoms with Crippen LogP contribution in [-0.2, 0) is 6.73 Å². The summed E-state index contributed by atoms with van der Waals surface area (Å²) in [5, 5.41) is 28.8. The molecule has 1 N–H and O–H groups in total. The fourth-order valence-corrected chi connectivity index (χ4v) is 2.88. The first kappa shape index (κ1) is 20.6. The van der Waals surface area contributed by atoms with Crippen LogP contribution in [0.15, 0.2) is 35.6 Å². The number of hydrazone groups is 1. The highest BCUT2D eigenvalue weighted by molar-refractivity contribution is 6.32. The highest BCUT2D eigenvalue weighted by atomic mass is 35.5. The quantitative estimate of drug-likeness (QED) is 0.556. The van der Waals surface area contributed by atoms with Crippen molar-refractivity contribution in [2.45, 2.75) is 32.2 Å². The summed E-state index contributed by atoms with van der Waals surface area (Å²) in [6.07, 6.45) is -2.35. The molecule has 0 fully saturated rings. The molecule has 1 aromatic heterocycles. The molecule has 154 valence electrons. The van der Waals surface area contributed by atoms with Crippen molar-refractivity contribution in [2.24, 2.45) is 5.10 Å². The average Bonchev–Trinajstić information content (AvgIpc) is 3.24. The van der Waals surface area contributed by atoms with Gasteiger partial charge in [-0.2, -0.15) is 15.2 Å². The maximum absolute atomic E-state index is 13.2. The monoisotopic (exact) mass is 429 g/mol. The number of halogens is 3. The van der Waals surface area contributed by atoms with Gasteiger partial charge in [-0.05, 0) is 19.1 Å². The van der Waals surface area contributed by atoms with Crippen LogP contribution in [-0.4, -0.2) is 48.6 Å². The number of amides is 1. The Morgan fingerprint density at radius 2 is 2.21 bits per heavy atom. The van der Waals surface area contributed by atoms with E-state index in [1.54, 1.807) is 0 Å². The van der Waals surface area contributed by atoms with Gasteiger partial charge in [0.25, 0.3) is 18.0 Å². The van der Waals surface area contributed by atoms with E-state index in [9.17, 15) is 28.8 Å². The van der Waals surface area contributed by atoms with Gasteiger partial charge in [-0.1, -0.05) is 11.6 Å². The topological polar surface area (TPSA) is 123 Å². The number of nitrogens with zero attached hydrogens (tertiary/aromatic N) is 5. The maximum Gasteiger partial charge on any atom is 0.297 e. The number of ether oxygens (including phenoxy) is 1. The van der Waals surface area contributed by atoms with Gasteiger partial charge in [0.15, 0.2) is 12.4 Å². The van der Waals surface area contributed by atoms with E-state index in [2.05, 4.69) is 10.2 Å². The van der Waals surface area contributed by atoms with Crippen molar-refractivity contribution in [3.05, 3.63) is 51.3 Å². The average molecular weight is 430 g/mol. The zero-order valence-electron chi connectivity index (χ0n) is 14.8. The largest absolute Gasteiger partial charge is 0.470 e. The van der Waals surface area contributed by atoms with Gasteiger partial charge in [0.1, 0.15) is 5.75 Å². The molecule has 1 atom stereocenters. The van der Waals surface area contributed by atoms with Gasteiger partial charge >= 0.3 is 0 Å². The van der Waals surface area contributed by atoms with E-state index in [0.717, 1.165) is 6.07 Å². The summed E-state index contributed by atoms with van der Waals surface area (Å²) in [6, 6.07) is 4.88. The first-order chi connectivity index (χ1) is 13.6. The lowest BCUT2D eigenvalue weighted by Gasteiger charge is -2.29. The van der Waals surface area contributed by atoms with Crippen molar-refractivity contribution in [3.8, 4) is 5.75 Å². The van der Waals surface area contributed by atoms with E-state index >= 15 is 0 Å². The predicted molar refractivity (Wildman–Crippen MR) is 95.8 cm³/mol. The first-order valence-corrected chi connectivity index (χ1v) is 8.49. The van der Waals surface area contributed by atoms with Crippen molar-refractivity contribution >= 4 is 28.9 Å². The van der Waals surface area contributed by atoms with Crippen LogP contribution in [0.25, 0.3) is 0 Å². The van der Waals surface area contributed by atoms with Gasteiger partial charge in [0.2, 0.25) is 5.72 Å². The highest BCUT2D eigenvalue weighted by Crippen LogP contribution is 2.32. The van der Waals surface area contributed by atoms with E-state index in [4.69, 9.17) is 16.3 Å². The lowest BCUT2D eigenvalue weighted by molar-refractivity contribution is -0.384. The van der Waals surface area contributed by atoms with Crippen molar-refractivity contribution < 1.29 is 28.3 Å². The standard InChI is InChI=1S/C16H14ClF2N5O5/c1-9-7-16(26,15(18)19)23(20-9)14(25)12-4-5-22(21-12)8-29-13-3-2-10(24(27)28)6-11(13)17/h2-6,15,26H,7-8H2,1H3/t16-/m1/s1. The Hall–Kier alpha value is -3.12. The second-order valence-electron chi connectivity index (χ2n) is 6.19. The molecule has 1 aliphatic heterocycles. The van der Waals surface area contributed by atoms with Crippen LogP contribution in [0.5, 0.6) is 5.75 Å². The van der Waals surface area contributed by atoms with Crippen LogP contribution >= 0.6 is 11.6 Å². The molecule has 1 aromatic carbocycles. The smallest absolute Gasteiger partial charge is 0.297 e. The molecular weight excluding hydrogens is 416 g/mol. The van der Waals surface area contributed by atoms with Crippen molar-refractivity contribution in [1.82, 2.24) is 14.8 Å². The van der Waals surface area contributed by atoms with Gasteiger partial charge < -0.3 is 9.84 Å². The number of hydrogen-bond donors (Lipinski definition) is 1. The molecule has 2 aromatic rings. The third kappa shape index (κ3) is 4.03. The fourth-order valence-electron chi connectivity index (χ4n) is 2.65. The van der Waals surface area contributed by atoms with Crippen LogP contribution in [0.2, 0.25) is 5.02 Å². The number of benzene rings is 1. The van der Waals surface area contributed by atoms with E-state index in [-0.39, 0.29) is 34.6 Å². The molecule has 0 aliphatic carbocycles. The minimum atomic E-state index is -3.22. The molecular formula is C16H14ClF2N5O5. The third-order valence-corrected chi connectivity index (χ3v) is 4.33. The van der Waals surface area contributed by atoms with Crippen molar-refractivity contribution in [1.29, 1.82) is 0 Å². The number of carbonyl (C=O) groups is 1. The van der Waals surface area contributed by atoms with Gasteiger partial charge in [0, 0.05) is 30.5 Å². The van der Waals surface area contributed by atoms with Crippen molar-refractivity contribution in [2.75, 3.05) is 0 Å². The predicted octanol–water partition coefficient (Wildman–Crippen LogP) is 2.66. The van der Waals surface area contributed by atoms with E-state index in [1.807, 2.05) is 0 Å². The number of aromatic nitrogens is 2. The van der Waals surface area contributed by atoms with Gasteiger partial charge in [-0.15, -0.1) is 0 Å². The van der Waals surface area contributed by atoms with E-state index in [0.29, 0.717) is 5.01 Å². The Labute approximate surface area is 167 Å². The molecule has 0 radical (unpaired) electrons. The van der Waals surface area contributed by atoms with Crippen LogP contribution in [0.1, 0.15) is 23.8 Å². The molecule has 0 saturated heterocycles. The zero-order valence-corrected chi connectivity index (χ0v) is 15.6. The Balaban J connectivity index is 1.71. The number of alkyl halides is 2. The van der Waals surface area contributed by atoms with Gasteiger partial charge in [0.05, 0.1) is 9.95 Å². The molecule has 13 heteroatoms. The Morgan fingerprint density at radius 1 is 1.48 bits per heavy atom. The zero-order chi connectivity index (χ0) is 21.3. The van der Waals surface area contributed by atoms with E-state index < -0.39 is 29.4 Å². The summed E-state index contributed by atoms with van der Waals surface area (Å²) in [6.45, 7) is 1.20. The Morgan fingerprint density at radius 3 is 2.83 bits per heavy atom. The second-order valence-corrected chi connectivity index (χ2v) is 6.60. The van der Waals surface area contributed by atoms with Crippen LogP contribution < -0.4 is 4.74 Å². The van der Waals surface area contributed by atoms with Crippen LogP contribution in [0.3, 0.4) is 0 Å². The lowest BCUT2D eigenvalue weighted by atomic mass is 10.1. The summed E-state index contributed by atoms with van der Waals surface area (Å²) >= 11 is 5.92. The molecule has 10 nitrogen and oxygen atoms in total. The van der Waals surface area contributed by atoms with Crippen molar-refractivity contribution in [3.63, 3.8) is 0 Å². The molecule has 3 rings (SSSR count). The number of non-ortho nitro benzene ring substituents is 1. The maximum atomic E-state index is 13.2. The molecule has 29 heavy (non-hydrogen) atoms. The van der Waals surface area contributed by atoms with Gasteiger partial charge in [-0.25, -0.2) is 13.5 Å². The number of aliphatic hydroxyl groups is 1. The molecule has 2 heterocycles. The minimum absolute atomic E-state index is 0.00605. The SMILES string of the molecule is CC1=NN(C(=O)c2ccn(COc3ccc([N+](=O)[O-])cc3Cl)n2)[C@](O)(C(F)F)C1. The van der Waals surface area contributed by atoms with Gasteiger partial charge in [-0.3, -0.25) is 14.9 Å². The van der Waals surface area contributed by atoms with Crippen LogP contribution in [0.4, 0.5) is 14.5 Å². The molecule has 0 unspecified atom stereocenters. The van der Waals surface area contributed by atoms with E-state index in [1.165, 1.54) is 36.0 Å². The molecule has 0 saturated carbocycles. The lowest BCUT2D eigenvalue weighted by Crippen LogP contribution is -2.51. The number of nitro groups is 1. The van der Waals surface area contributed by atoms with Crippen LogP contribution in [0, 0.1) is 10.1 Å². The summed E-state index contributed by atoms with van der Waals surface area (Å²) in [5.41, 5.74) is -2.99. The Bertz CT molecular complexity index is 998. The number of carbonyl (C=O) groups excluding carboxylic acids is 1. The first-order valence-electron chi connectivity index (χ1n) is 8.11. The second kappa shape index (κ2) is 7.72. The Kier molecular flexibility index (Phi) is 5.48. The summed E-state index contributed by atoms with van der Waals surface area (Å²) in [4.78, 5) is 22.6. The summed E-state index contributed by atoms with van der Waals surface area (Å²) in [5.74, 6) is -0.857. The molecule has 1 amide bonds. The minimum Gasteiger partial charge on any atom is -0.470 e. The molecule has 0 bridgehead atoms. The fraction of sp³-hybridized carbons (Fsp3) is 0.312. The molecule has 1 aliphatic rings. The summed E-state index contributed by atoms with van der Waals surface area (Å²) < 4.78 is 33.0. The highest BCUT2D eigenvalue weighted by Gasteiger charge is 2.51.